The van der Waals surface area contributed by atoms with Crippen molar-refractivity contribution >= 4 is 41.7 Å². The van der Waals surface area contributed by atoms with Gasteiger partial charge in [0, 0.05) is 38.6 Å². The van der Waals surface area contributed by atoms with Gasteiger partial charge in [0.1, 0.15) is 0 Å². The van der Waals surface area contributed by atoms with Gasteiger partial charge in [0.05, 0.1) is 51.5 Å². The number of fused-ring (bicyclic) bond motifs is 5. The van der Waals surface area contributed by atoms with Gasteiger partial charge in [-0.1, -0.05) is 20.8 Å². The fourth-order valence-electron chi connectivity index (χ4n) is 11.6. The van der Waals surface area contributed by atoms with Crippen molar-refractivity contribution in [2.75, 3.05) is 65.4 Å². The first-order valence-electron chi connectivity index (χ1n) is 20.8. The van der Waals surface area contributed by atoms with Crippen LogP contribution >= 0.6 is 0 Å². The number of nitrogens with one attached hydrogen (secondary N) is 2. The predicted octanol–water partition coefficient (Wildman–Crippen LogP) is -0.0668. The average Bonchev–Trinajstić information content (AvgIpc) is 3.49. The number of amides is 2. The first-order chi connectivity index (χ1) is 27.6. The molecule has 19 heteroatoms. The maximum atomic E-state index is 13.1. The third kappa shape index (κ3) is 12.3. The molecule has 19 nitrogen and oxygen atoms in total. The molecule has 4 saturated carbocycles. The number of hydrogen-bond donors (Lipinski definition) is 9. The lowest BCUT2D eigenvalue weighted by molar-refractivity contribution is -0.202. The molecule has 4 rings (SSSR count). The SMILES string of the molecule is CC(CCC(=O)O)C1CCC2C3C(O)CC4CC(NC(=O)CNC(=O)CN(CCN(CCN(CC(=O)O)CC(=O)O)CC(=O)O)CC(=O)O)CCC4(C)C3CC(O)C12C. The van der Waals surface area contributed by atoms with Crippen LogP contribution in [0.25, 0.3) is 0 Å². The fourth-order valence-corrected chi connectivity index (χ4v) is 11.6. The monoisotopic (exact) mass is 839 g/mol. The normalized spacial score (nSPS) is 31.8. The van der Waals surface area contributed by atoms with Crippen LogP contribution in [0.1, 0.15) is 78.6 Å². The van der Waals surface area contributed by atoms with Gasteiger partial charge >= 0.3 is 29.8 Å². The van der Waals surface area contributed by atoms with E-state index in [1.54, 1.807) is 0 Å². The molecule has 0 aliphatic heterocycles. The standard InChI is InChI=1S/C40H65N5O14/c1-23(4-7-33(50)51)26-5-6-27-38-28(16-30(47)40(26,27)3)39(2)9-8-25(14-24(39)15-29(38)46)42-31(48)17-41-32(49)18-44(20-35(54)55)12-10-43(19-34(52)53)11-13-45(21-36(56)57)22-37(58)59/h23-30,38,46-47H,4-22H2,1-3H3,(H,41,49)(H,42,48)(H,50,51)(H,52,53)(H,54,55)(H,56,57)(H,58,59). The maximum absolute atomic E-state index is 13.1. The molecular formula is C40H65N5O14. The third-order valence-corrected chi connectivity index (χ3v) is 14.4. The number of rotatable bonds is 23. The van der Waals surface area contributed by atoms with E-state index in [1.165, 1.54) is 9.80 Å². The number of nitrogens with zero attached hydrogens (tertiary/aromatic N) is 3. The van der Waals surface area contributed by atoms with Crippen molar-refractivity contribution in [3.63, 3.8) is 0 Å². The third-order valence-electron chi connectivity index (χ3n) is 14.4. The number of hydrogen-bond acceptors (Lipinski definition) is 12. The molecule has 0 spiro atoms. The zero-order chi connectivity index (χ0) is 43.8. The Labute approximate surface area is 344 Å². The van der Waals surface area contributed by atoms with E-state index in [0.717, 1.165) is 24.2 Å². The lowest BCUT2D eigenvalue weighted by Gasteiger charge is -2.63. The summed E-state index contributed by atoms with van der Waals surface area (Å²) in [4.78, 5) is 86.4. The summed E-state index contributed by atoms with van der Waals surface area (Å²) in [6, 6.07) is -0.198. The Bertz CT molecular complexity index is 1530. The van der Waals surface area contributed by atoms with Crippen molar-refractivity contribution in [3.8, 4) is 0 Å². The lowest BCUT2D eigenvalue weighted by Crippen LogP contribution is -2.63. The van der Waals surface area contributed by atoms with Crippen molar-refractivity contribution in [1.29, 1.82) is 0 Å². The van der Waals surface area contributed by atoms with Gasteiger partial charge < -0.3 is 46.4 Å². The summed E-state index contributed by atoms with van der Waals surface area (Å²) >= 11 is 0. The molecule has 11 atom stereocenters. The predicted molar refractivity (Wildman–Crippen MR) is 209 cm³/mol. The number of carbonyl (C=O) groups excluding carboxylic acids is 2. The molecule has 0 saturated heterocycles. The Hall–Kier alpha value is -3.91. The number of carboxylic acid groups (broad SMARTS) is 5. The van der Waals surface area contributed by atoms with Crippen LogP contribution in [0.3, 0.4) is 0 Å². The van der Waals surface area contributed by atoms with E-state index in [0.29, 0.717) is 32.1 Å². The number of carbonyl (C=O) groups is 7. The van der Waals surface area contributed by atoms with Crippen LogP contribution in [0.2, 0.25) is 0 Å². The second kappa shape index (κ2) is 20.6. The van der Waals surface area contributed by atoms with Crippen molar-refractivity contribution in [3.05, 3.63) is 0 Å². The molecule has 0 aromatic carbocycles. The van der Waals surface area contributed by atoms with Crippen LogP contribution in [-0.4, -0.2) is 176 Å². The van der Waals surface area contributed by atoms with E-state index >= 15 is 0 Å². The Kier molecular flexibility index (Phi) is 16.7. The maximum Gasteiger partial charge on any atom is 0.317 e. The second-order valence-corrected chi connectivity index (χ2v) is 18.1. The van der Waals surface area contributed by atoms with E-state index in [4.69, 9.17) is 10.2 Å². The highest BCUT2D eigenvalue weighted by molar-refractivity contribution is 5.86. The zero-order valence-electron chi connectivity index (χ0n) is 34.5. The highest BCUT2D eigenvalue weighted by Crippen LogP contribution is 2.68. The molecule has 2 amide bonds. The van der Waals surface area contributed by atoms with Gasteiger partial charge in [-0.25, -0.2) is 0 Å². The Morgan fingerprint density at radius 1 is 0.661 bits per heavy atom. The van der Waals surface area contributed by atoms with Crippen LogP contribution in [0.4, 0.5) is 0 Å². The molecule has 4 fully saturated rings. The van der Waals surface area contributed by atoms with Crippen LogP contribution in [0.15, 0.2) is 0 Å². The van der Waals surface area contributed by atoms with Crippen LogP contribution in [-0.2, 0) is 33.6 Å². The lowest BCUT2D eigenvalue weighted by atomic mass is 9.43. The average molecular weight is 840 g/mol. The molecule has 4 aliphatic rings. The second-order valence-electron chi connectivity index (χ2n) is 18.1. The molecule has 0 heterocycles. The van der Waals surface area contributed by atoms with Gasteiger partial charge in [-0.05, 0) is 97.7 Å². The van der Waals surface area contributed by atoms with E-state index in [9.17, 15) is 59.1 Å². The summed E-state index contributed by atoms with van der Waals surface area (Å²) in [6.45, 7) is 3.25. The Balaban J connectivity index is 1.28. The molecule has 0 aromatic rings. The molecule has 59 heavy (non-hydrogen) atoms. The molecule has 11 unspecified atom stereocenters. The molecule has 0 radical (unpaired) electrons. The summed E-state index contributed by atoms with van der Waals surface area (Å²) < 4.78 is 0. The molecule has 334 valence electrons. The molecule has 4 aliphatic carbocycles. The first kappa shape index (κ1) is 47.8. The summed E-state index contributed by atoms with van der Waals surface area (Å²) in [5, 5.41) is 75.4. The Morgan fingerprint density at radius 3 is 1.76 bits per heavy atom. The topological polar surface area (TPSA) is 295 Å². The fraction of sp³-hybridized carbons (Fsp3) is 0.825. The summed E-state index contributed by atoms with van der Waals surface area (Å²) in [7, 11) is 0. The van der Waals surface area contributed by atoms with Gasteiger partial charge in [0.2, 0.25) is 11.8 Å². The molecular weight excluding hydrogens is 774 g/mol. The highest BCUT2D eigenvalue weighted by atomic mass is 16.4. The van der Waals surface area contributed by atoms with Crippen molar-refractivity contribution in [2.24, 2.45) is 46.3 Å². The van der Waals surface area contributed by atoms with Gasteiger partial charge in [-0.2, -0.15) is 0 Å². The number of carboxylic acids is 5. The smallest absolute Gasteiger partial charge is 0.317 e. The van der Waals surface area contributed by atoms with E-state index < -0.39 is 92.0 Å². The van der Waals surface area contributed by atoms with E-state index in [2.05, 4.69) is 31.4 Å². The minimum atomic E-state index is -1.26. The number of aliphatic hydroxyl groups excluding tert-OH is 2. The number of aliphatic hydroxyl groups is 2. The molecule has 0 aromatic heterocycles. The zero-order valence-corrected chi connectivity index (χ0v) is 34.5. The van der Waals surface area contributed by atoms with E-state index in [1.807, 2.05) is 0 Å². The van der Waals surface area contributed by atoms with Gasteiger partial charge in [0.15, 0.2) is 0 Å². The van der Waals surface area contributed by atoms with E-state index in [-0.39, 0.29) is 86.1 Å². The van der Waals surface area contributed by atoms with Crippen LogP contribution < -0.4 is 10.6 Å². The summed E-state index contributed by atoms with van der Waals surface area (Å²) in [6.07, 6.45) is 4.56. The quantitative estimate of drug-likeness (QED) is 0.0651. The van der Waals surface area contributed by atoms with Crippen molar-refractivity contribution in [2.45, 2.75) is 96.8 Å². The molecule has 0 bridgehead atoms. The first-order valence-corrected chi connectivity index (χ1v) is 20.8. The van der Waals surface area contributed by atoms with Crippen LogP contribution in [0.5, 0.6) is 0 Å². The van der Waals surface area contributed by atoms with Crippen LogP contribution in [0, 0.1) is 46.3 Å². The molecule has 9 N–H and O–H groups in total. The number of aliphatic carboxylic acids is 5. The highest BCUT2D eigenvalue weighted by Gasteiger charge is 2.65. The summed E-state index contributed by atoms with van der Waals surface area (Å²) in [5.41, 5.74) is -0.555. The van der Waals surface area contributed by atoms with Gasteiger partial charge in [-0.3, -0.25) is 48.3 Å². The van der Waals surface area contributed by atoms with Gasteiger partial charge in [-0.15, -0.1) is 0 Å². The minimum absolute atomic E-state index is 0.0293. The van der Waals surface area contributed by atoms with Gasteiger partial charge in [0.25, 0.3) is 0 Å². The van der Waals surface area contributed by atoms with Crippen molar-refractivity contribution in [1.82, 2.24) is 25.3 Å². The summed E-state index contributed by atoms with van der Waals surface area (Å²) in [5.74, 6) is -6.20. The Morgan fingerprint density at radius 2 is 1.20 bits per heavy atom. The minimum Gasteiger partial charge on any atom is -0.481 e. The van der Waals surface area contributed by atoms with Crippen molar-refractivity contribution < 1.29 is 69.3 Å². The largest absolute Gasteiger partial charge is 0.481 e.